The van der Waals surface area contributed by atoms with E-state index in [4.69, 9.17) is 14.6 Å². The van der Waals surface area contributed by atoms with Gasteiger partial charge >= 0.3 is 0 Å². The lowest BCUT2D eigenvalue weighted by Gasteiger charge is -2.14. The fourth-order valence-corrected chi connectivity index (χ4v) is 4.19. The Labute approximate surface area is 188 Å². The zero-order valence-corrected chi connectivity index (χ0v) is 19.6. The summed E-state index contributed by atoms with van der Waals surface area (Å²) in [6.07, 6.45) is 1.15. The summed E-state index contributed by atoms with van der Waals surface area (Å²) in [6, 6.07) is 8.31. The number of aromatic nitrogens is 1. The topological polar surface area (TPSA) is 140 Å². The highest BCUT2D eigenvalue weighted by atomic mass is 79.9. The number of nitrogens with one attached hydrogen (secondary N) is 2. The van der Waals surface area contributed by atoms with Crippen LogP contribution in [0.25, 0.3) is 0 Å². The number of halogens is 1. The molecule has 0 unspecified atom stereocenters. The first-order valence-corrected chi connectivity index (χ1v) is 11.6. The summed E-state index contributed by atoms with van der Waals surface area (Å²) in [5, 5.41) is 2.97. The molecule has 2 heterocycles. The number of benzene rings is 1. The molecule has 0 radical (unpaired) electrons. The molecule has 9 nitrogen and oxygen atoms in total. The van der Waals surface area contributed by atoms with E-state index in [1.807, 2.05) is 26.8 Å². The van der Waals surface area contributed by atoms with Gasteiger partial charge in [0.2, 0.25) is 15.9 Å². The Morgan fingerprint density at radius 2 is 1.94 bits per heavy atom. The third kappa shape index (κ3) is 5.75. The van der Waals surface area contributed by atoms with Crippen LogP contribution in [0.3, 0.4) is 0 Å². The molecule has 4 N–H and O–H groups in total. The zero-order chi connectivity index (χ0) is 22.8. The predicted molar refractivity (Wildman–Crippen MR) is 118 cm³/mol. The molecule has 0 bridgehead atoms. The summed E-state index contributed by atoms with van der Waals surface area (Å²) < 4.78 is 40.0. The van der Waals surface area contributed by atoms with Crippen molar-refractivity contribution >= 4 is 37.5 Å². The van der Waals surface area contributed by atoms with Gasteiger partial charge in [0.05, 0.1) is 18.8 Å². The third-order valence-electron chi connectivity index (χ3n) is 4.30. The number of carbonyl (C=O) groups excluding carboxylic acids is 1. The smallest absolute Gasteiger partial charge is 0.270 e. The number of oxazole rings is 1. The summed E-state index contributed by atoms with van der Waals surface area (Å²) in [5.74, 6) is 0.765. The summed E-state index contributed by atoms with van der Waals surface area (Å²) in [7, 11) is -3.86. The van der Waals surface area contributed by atoms with Crippen LogP contribution in [0.4, 0.5) is 5.69 Å². The molecule has 0 fully saturated rings. The molecule has 0 atom stereocenters. The van der Waals surface area contributed by atoms with Gasteiger partial charge in [-0.25, -0.2) is 18.1 Å². The second kappa shape index (κ2) is 8.85. The molecule has 0 aliphatic heterocycles. The quantitative estimate of drug-likeness (QED) is 0.420. The Kier molecular flexibility index (Phi) is 6.58. The minimum Gasteiger partial charge on any atom is -0.464 e. The lowest BCUT2D eigenvalue weighted by atomic mass is 9.94. The number of carbonyl (C=O) groups is 1. The third-order valence-corrected chi connectivity index (χ3v) is 6.26. The van der Waals surface area contributed by atoms with Crippen molar-refractivity contribution in [2.24, 2.45) is 5.73 Å². The highest BCUT2D eigenvalue weighted by Gasteiger charge is 2.22. The number of nitrogens with zero attached hydrogens (tertiary/aromatic N) is 1. The standard InChI is InChI=1S/C20H23BrN4O5S/c1-20(2,3)17-7-5-13(30-17)9-24-31(27,28)16-6-4-12(21)8-14(16)23-10-18-25-15(11-29-18)19(22)26/h4-8,11,23-24H,9-10H2,1-3H3,(H2,22,26). The lowest BCUT2D eigenvalue weighted by Crippen LogP contribution is -2.24. The zero-order valence-electron chi connectivity index (χ0n) is 17.2. The maximum Gasteiger partial charge on any atom is 0.270 e. The Bertz CT molecular complexity index is 1190. The van der Waals surface area contributed by atoms with Crippen LogP contribution in [-0.2, 0) is 28.5 Å². The Hall–Kier alpha value is -2.63. The molecule has 0 aliphatic rings. The number of rotatable bonds is 8. The first-order valence-electron chi connectivity index (χ1n) is 9.32. The maximum atomic E-state index is 12.9. The molecule has 1 amide bonds. The molecule has 166 valence electrons. The number of anilines is 1. The molecule has 0 spiro atoms. The van der Waals surface area contributed by atoms with Crippen LogP contribution < -0.4 is 15.8 Å². The number of hydrogen-bond donors (Lipinski definition) is 3. The monoisotopic (exact) mass is 510 g/mol. The number of furan rings is 1. The van der Waals surface area contributed by atoms with E-state index in [1.54, 1.807) is 18.2 Å². The second-order valence-electron chi connectivity index (χ2n) is 7.83. The van der Waals surface area contributed by atoms with E-state index < -0.39 is 15.9 Å². The largest absolute Gasteiger partial charge is 0.464 e. The Balaban J connectivity index is 1.75. The van der Waals surface area contributed by atoms with Crippen LogP contribution in [0.5, 0.6) is 0 Å². The van der Waals surface area contributed by atoms with Gasteiger partial charge in [0.25, 0.3) is 5.91 Å². The van der Waals surface area contributed by atoms with Crippen molar-refractivity contribution in [3.05, 3.63) is 64.2 Å². The van der Waals surface area contributed by atoms with Crippen molar-refractivity contribution < 1.29 is 22.0 Å². The van der Waals surface area contributed by atoms with Crippen molar-refractivity contribution in [3.63, 3.8) is 0 Å². The van der Waals surface area contributed by atoms with Crippen molar-refractivity contribution in [1.29, 1.82) is 0 Å². The van der Waals surface area contributed by atoms with Gasteiger partial charge in [-0.3, -0.25) is 4.79 Å². The minimum absolute atomic E-state index is 0.00590. The molecule has 0 aliphatic carbocycles. The SMILES string of the molecule is CC(C)(C)c1ccc(CNS(=O)(=O)c2ccc(Br)cc2NCc2nc(C(N)=O)co2)o1. The van der Waals surface area contributed by atoms with E-state index in [2.05, 4.69) is 31.0 Å². The molecule has 0 saturated heterocycles. The Morgan fingerprint density at radius 1 is 1.19 bits per heavy atom. The van der Waals surface area contributed by atoms with E-state index in [9.17, 15) is 13.2 Å². The first-order chi connectivity index (χ1) is 14.5. The van der Waals surface area contributed by atoms with E-state index in [0.717, 1.165) is 12.0 Å². The molecule has 3 rings (SSSR count). The van der Waals surface area contributed by atoms with Crippen LogP contribution >= 0.6 is 15.9 Å². The van der Waals surface area contributed by atoms with Crippen molar-refractivity contribution in [3.8, 4) is 0 Å². The molecule has 3 aromatic rings. The minimum atomic E-state index is -3.86. The van der Waals surface area contributed by atoms with Crippen LogP contribution in [-0.4, -0.2) is 19.3 Å². The van der Waals surface area contributed by atoms with E-state index in [1.165, 1.54) is 6.07 Å². The van der Waals surface area contributed by atoms with E-state index in [-0.39, 0.29) is 35.0 Å². The van der Waals surface area contributed by atoms with Gasteiger partial charge < -0.3 is 19.9 Å². The lowest BCUT2D eigenvalue weighted by molar-refractivity contribution is 0.0995. The van der Waals surface area contributed by atoms with Crippen LogP contribution in [0.15, 0.2) is 54.8 Å². The van der Waals surface area contributed by atoms with E-state index >= 15 is 0 Å². The predicted octanol–water partition coefficient (Wildman–Crippen LogP) is 3.52. The second-order valence-corrected chi connectivity index (χ2v) is 10.5. The summed E-state index contributed by atoms with van der Waals surface area (Å²) in [4.78, 5) is 15.1. The number of sulfonamides is 1. The first kappa shape index (κ1) is 23.0. The average molecular weight is 511 g/mol. The van der Waals surface area contributed by atoms with Gasteiger partial charge in [-0.2, -0.15) is 0 Å². The number of amides is 1. The average Bonchev–Trinajstić information content (AvgIpc) is 3.34. The molecule has 31 heavy (non-hydrogen) atoms. The molecule has 11 heteroatoms. The molecule has 2 aromatic heterocycles. The van der Waals surface area contributed by atoms with Crippen LogP contribution in [0.2, 0.25) is 0 Å². The number of hydrogen-bond acceptors (Lipinski definition) is 7. The number of primary amides is 1. The number of nitrogens with two attached hydrogens (primary N) is 1. The van der Waals surface area contributed by atoms with Crippen molar-refractivity contribution in [2.45, 2.75) is 44.2 Å². The van der Waals surface area contributed by atoms with Gasteiger partial charge in [-0.1, -0.05) is 36.7 Å². The van der Waals surface area contributed by atoms with Gasteiger partial charge in [0.15, 0.2) is 5.69 Å². The molecule has 1 aromatic carbocycles. The molecular formula is C20H23BrN4O5S. The molecule has 0 saturated carbocycles. The van der Waals surface area contributed by atoms with E-state index in [0.29, 0.717) is 15.9 Å². The highest BCUT2D eigenvalue weighted by Crippen LogP contribution is 2.27. The highest BCUT2D eigenvalue weighted by molar-refractivity contribution is 9.10. The fourth-order valence-electron chi connectivity index (χ4n) is 2.67. The Morgan fingerprint density at radius 3 is 2.55 bits per heavy atom. The van der Waals surface area contributed by atoms with Crippen LogP contribution in [0.1, 0.15) is 48.7 Å². The van der Waals surface area contributed by atoms with Crippen molar-refractivity contribution in [2.75, 3.05) is 5.32 Å². The summed E-state index contributed by atoms with van der Waals surface area (Å²) >= 11 is 3.34. The van der Waals surface area contributed by atoms with Crippen molar-refractivity contribution in [1.82, 2.24) is 9.71 Å². The van der Waals surface area contributed by atoms with Gasteiger partial charge in [0.1, 0.15) is 22.7 Å². The molecular weight excluding hydrogens is 488 g/mol. The normalized spacial score (nSPS) is 12.1. The van der Waals surface area contributed by atoms with Gasteiger partial charge in [-0.05, 0) is 30.3 Å². The van der Waals surface area contributed by atoms with Crippen LogP contribution in [0, 0.1) is 0 Å². The maximum absolute atomic E-state index is 12.9. The van der Waals surface area contributed by atoms with Gasteiger partial charge in [0, 0.05) is 9.89 Å². The summed E-state index contributed by atoms with van der Waals surface area (Å²) in [6.45, 7) is 6.11. The van der Waals surface area contributed by atoms with Gasteiger partial charge in [-0.15, -0.1) is 0 Å². The fraction of sp³-hybridized carbons (Fsp3) is 0.300. The summed E-state index contributed by atoms with van der Waals surface area (Å²) in [5.41, 5.74) is 5.31.